The van der Waals surface area contributed by atoms with Gasteiger partial charge in [-0.3, -0.25) is 0 Å². The van der Waals surface area contributed by atoms with E-state index in [4.69, 9.17) is 5.73 Å². The van der Waals surface area contributed by atoms with E-state index < -0.39 is 0 Å². The molecule has 18 heavy (non-hydrogen) atoms. The molecule has 2 N–H and O–H groups in total. The zero-order valence-corrected chi connectivity index (χ0v) is 10.9. The standard InChI is InChI=1S/C13H16N4S/c14-11-3-1-2-4-12(11)16-6-8-17(9-7-16)13-15-5-10-18-13/h1-5,10H,6-9,14H2. The van der Waals surface area contributed by atoms with Gasteiger partial charge in [0.25, 0.3) is 0 Å². The van der Waals surface area contributed by atoms with Crippen LogP contribution >= 0.6 is 11.3 Å². The summed E-state index contributed by atoms with van der Waals surface area (Å²) in [4.78, 5) is 9.04. The van der Waals surface area contributed by atoms with Crippen LogP contribution in [0.25, 0.3) is 0 Å². The summed E-state index contributed by atoms with van der Waals surface area (Å²) in [7, 11) is 0. The Morgan fingerprint density at radius 2 is 1.78 bits per heavy atom. The highest BCUT2D eigenvalue weighted by atomic mass is 32.1. The minimum Gasteiger partial charge on any atom is -0.397 e. The Morgan fingerprint density at radius 1 is 1.06 bits per heavy atom. The van der Waals surface area contributed by atoms with Gasteiger partial charge >= 0.3 is 0 Å². The fraction of sp³-hybridized carbons (Fsp3) is 0.308. The maximum atomic E-state index is 6.02. The highest BCUT2D eigenvalue weighted by Gasteiger charge is 2.19. The predicted octanol–water partition coefficient (Wildman–Crippen LogP) is 2.05. The molecule has 1 aliphatic heterocycles. The lowest BCUT2D eigenvalue weighted by Gasteiger charge is -2.36. The summed E-state index contributed by atoms with van der Waals surface area (Å²) < 4.78 is 0. The van der Waals surface area contributed by atoms with Crippen molar-refractivity contribution in [2.75, 3.05) is 41.7 Å². The molecule has 1 aliphatic rings. The minimum atomic E-state index is 0.861. The number of aromatic nitrogens is 1. The maximum Gasteiger partial charge on any atom is 0.185 e. The molecule has 94 valence electrons. The number of hydrogen-bond acceptors (Lipinski definition) is 5. The zero-order chi connectivity index (χ0) is 12.4. The molecule has 2 heterocycles. The van der Waals surface area contributed by atoms with E-state index in [1.165, 1.54) is 0 Å². The van der Waals surface area contributed by atoms with E-state index in [9.17, 15) is 0 Å². The molecule has 5 heteroatoms. The number of nitrogens with zero attached hydrogens (tertiary/aromatic N) is 3. The summed E-state index contributed by atoms with van der Waals surface area (Å²) in [6.45, 7) is 3.99. The Balaban J connectivity index is 1.69. The molecule has 0 bridgehead atoms. The fourth-order valence-electron chi connectivity index (χ4n) is 2.29. The molecule has 0 atom stereocenters. The molecule has 0 radical (unpaired) electrons. The highest BCUT2D eigenvalue weighted by molar-refractivity contribution is 7.13. The largest absolute Gasteiger partial charge is 0.397 e. The summed E-state index contributed by atoms with van der Waals surface area (Å²) >= 11 is 1.70. The van der Waals surface area contributed by atoms with E-state index in [-0.39, 0.29) is 0 Å². The molecule has 0 aliphatic carbocycles. The molecule has 0 amide bonds. The first-order chi connectivity index (χ1) is 8.84. The van der Waals surface area contributed by atoms with Crippen molar-refractivity contribution in [2.45, 2.75) is 0 Å². The van der Waals surface area contributed by atoms with Crippen LogP contribution in [-0.4, -0.2) is 31.2 Å². The molecular formula is C13H16N4S. The van der Waals surface area contributed by atoms with Crippen LogP contribution in [0.3, 0.4) is 0 Å². The van der Waals surface area contributed by atoms with Crippen molar-refractivity contribution in [1.29, 1.82) is 0 Å². The van der Waals surface area contributed by atoms with Crippen molar-refractivity contribution in [3.63, 3.8) is 0 Å². The van der Waals surface area contributed by atoms with Gasteiger partial charge in [-0.1, -0.05) is 12.1 Å². The molecule has 0 unspecified atom stereocenters. The third-order valence-corrected chi connectivity index (χ3v) is 4.08. The van der Waals surface area contributed by atoms with Gasteiger partial charge in [0.1, 0.15) is 0 Å². The molecule has 0 saturated carbocycles. The number of nitrogen functional groups attached to an aromatic ring is 1. The number of benzene rings is 1. The van der Waals surface area contributed by atoms with E-state index in [2.05, 4.69) is 20.9 Å². The monoisotopic (exact) mass is 260 g/mol. The van der Waals surface area contributed by atoms with Crippen LogP contribution in [0.4, 0.5) is 16.5 Å². The normalized spacial score (nSPS) is 16.0. The van der Waals surface area contributed by atoms with Crippen molar-refractivity contribution in [2.24, 2.45) is 0 Å². The van der Waals surface area contributed by atoms with Crippen LogP contribution < -0.4 is 15.5 Å². The Bertz CT molecular complexity index is 503. The Labute approximate surface area is 111 Å². The number of piperazine rings is 1. The van der Waals surface area contributed by atoms with Crippen LogP contribution in [0.1, 0.15) is 0 Å². The van der Waals surface area contributed by atoms with Gasteiger partial charge in [0.05, 0.1) is 11.4 Å². The van der Waals surface area contributed by atoms with Crippen molar-refractivity contribution >= 4 is 27.8 Å². The van der Waals surface area contributed by atoms with E-state index >= 15 is 0 Å². The number of para-hydroxylation sites is 2. The zero-order valence-electron chi connectivity index (χ0n) is 10.1. The van der Waals surface area contributed by atoms with Gasteiger partial charge in [-0.2, -0.15) is 0 Å². The van der Waals surface area contributed by atoms with Gasteiger partial charge in [-0.05, 0) is 12.1 Å². The SMILES string of the molecule is Nc1ccccc1N1CCN(c2nccs2)CC1. The highest BCUT2D eigenvalue weighted by Crippen LogP contribution is 2.25. The van der Waals surface area contributed by atoms with Gasteiger partial charge in [0.2, 0.25) is 0 Å². The Hall–Kier alpha value is -1.75. The molecule has 0 spiro atoms. The smallest absolute Gasteiger partial charge is 0.185 e. The first-order valence-electron chi connectivity index (χ1n) is 6.08. The molecular weight excluding hydrogens is 244 g/mol. The second kappa shape index (κ2) is 4.86. The predicted molar refractivity (Wildman–Crippen MR) is 77.4 cm³/mol. The average Bonchev–Trinajstić information content (AvgIpc) is 2.94. The second-order valence-corrected chi connectivity index (χ2v) is 5.22. The summed E-state index contributed by atoms with van der Waals surface area (Å²) in [5.41, 5.74) is 8.03. The van der Waals surface area contributed by atoms with Crippen LogP contribution in [0.5, 0.6) is 0 Å². The molecule has 1 aromatic heterocycles. The van der Waals surface area contributed by atoms with E-state index in [1.807, 2.05) is 29.8 Å². The van der Waals surface area contributed by atoms with Crippen molar-refractivity contribution in [3.05, 3.63) is 35.8 Å². The summed E-state index contributed by atoms with van der Waals surface area (Å²) in [5.74, 6) is 0. The molecule has 2 aromatic rings. The molecule has 1 saturated heterocycles. The number of hydrogen-bond donors (Lipinski definition) is 1. The van der Waals surface area contributed by atoms with Crippen LogP contribution in [0.15, 0.2) is 35.8 Å². The van der Waals surface area contributed by atoms with Crippen molar-refractivity contribution in [1.82, 2.24) is 4.98 Å². The van der Waals surface area contributed by atoms with Crippen LogP contribution in [0, 0.1) is 0 Å². The quantitative estimate of drug-likeness (QED) is 0.839. The Kier molecular flexibility index (Phi) is 3.06. The van der Waals surface area contributed by atoms with E-state index in [0.717, 1.165) is 42.7 Å². The van der Waals surface area contributed by atoms with Gasteiger partial charge in [0.15, 0.2) is 5.13 Å². The average molecular weight is 260 g/mol. The summed E-state index contributed by atoms with van der Waals surface area (Å²) in [5, 5.41) is 3.15. The lowest BCUT2D eigenvalue weighted by atomic mass is 10.2. The lowest BCUT2D eigenvalue weighted by molar-refractivity contribution is 0.653. The Morgan fingerprint density at radius 3 is 2.44 bits per heavy atom. The third-order valence-electron chi connectivity index (χ3n) is 3.25. The number of anilines is 3. The molecule has 1 fully saturated rings. The van der Waals surface area contributed by atoms with Crippen LogP contribution in [-0.2, 0) is 0 Å². The maximum absolute atomic E-state index is 6.02. The number of rotatable bonds is 2. The fourth-order valence-corrected chi connectivity index (χ4v) is 2.98. The lowest BCUT2D eigenvalue weighted by Crippen LogP contribution is -2.46. The molecule has 1 aromatic carbocycles. The third kappa shape index (κ3) is 2.13. The van der Waals surface area contributed by atoms with Crippen molar-refractivity contribution in [3.8, 4) is 0 Å². The first kappa shape index (κ1) is 11.3. The summed E-state index contributed by atoms with van der Waals surface area (Å²) in [6.07, 6.45) is 1.86. The van der Waals surface area contributed by atoms with E-state index in [1.54, 1.807) is 11.3 Å². The van der Waals surface area contributed by atoms with E-state index in [0.29, 0.717) is 0 Å². The van der Waals surface area contributed by atoms with Gasteiger partial charge in [0, 0.05) is 37.8 Å². The number of nitrogens with two attached hydrogens (primary N) is 1. The topological polar surface area (TPSA) is 45.4 Å². The van der Waals surface area contributed by atoms with Gasteiger partial charge < -0.3 is 15.5 Å². The molecule has 4 nitrogen and oxygen atoms in total. The second-order valence-electron chi connectivity index (χ2n) is 4.35. The van der Waals surface area contributed by atoms with Gasteiger partial charge in [-0.25, -0.2) is 4.98 Å². The minimum absolute atomic E-state index is 0.861. The summed E-state index contributed by atoms with van der Waals surface area (Å²) in [6, 6.07) is 8.07. The van der Waals surface area contributed by atoms with Gasteiger partial charge in [-0.15, -0.1) is 11.3 Å². The molecule has 3 rings (SSSR count). The number of thiazole rings is 1. The first-order valence-corrected chi connectivity index (χ1v) is 6.96. The van der Waals surface area contributed by atoms with Crippen LogP contribution in [0.2, 0.25) is 0 Å². The van der Waals surface area contributed by atoms with Crippen molar-refractivity contribution < 1.29 is 0 Å².